The van der Waals surface area contributed by atoms with E-state index in [-0.39, 0.29) is 36.3 Å². The smallest absolute Gasteiger partial charge is 0.243 e. The van der Waals surface area contributed by atoms with Crippen LogP contribution >= 0.6 is 11.8 Å². The van der Waals surface area contributed by atoms with Gasteiger partial charge in [-0.05, 0) is 25.8 Å². The molecule has 11 heteroatoms. The van der Waals surface area contributed by atoms with Gasteiger partial charge in [0.15, 0.2) is 17.4 Å². The highest BCUT2D eigenvalue weighted by molar-refractivity contribution is 7.99. The molecule has 0 radical (unpaired) electrons. The molecule has 0 aliphatic carbocycles. The minimum absolute atomic E-state index is 0.0156. The average Bonchev–Trinajstić information content (AvgIpc) is 3.46. The fraction of sp³-hybridized carbons (Fsp3) is 0.600. The first kappa shape index (κ1) is 23.7. The quantitative estimate of drug-likeness (QED) is 0.594. The van der Waals surface area contributed by atoms with E-state index in [1.165, 1.54) is 11.8 Å². The number of anilines is 2. The molecular formula is C25H31N7O3S. The van der Waals surface area contributed by atoms with E-state index < -0.39 is 0 Å². The van der Waals surface area contributed by atoms with E-state index in [4.69, 9.17) is 31.7 Å². The maximum Gasteiger partial charge on any atom is 0.243 e. The van der Waals surface area contributed by atoms with Gasteiger partial charge in [0.25, 0.3) is 0 Å². The van der Waals surface area contributed by atoms with Crippen LogP contribution in [0.25, 0.3) is 4.85 Å². The number of piperidine rings is 1. The number of fused-ring (bicyclic) bond motifs is 3. The Morgan fingerprint density at radius 1 is 1.31 bits per heavy atom. The molecule has 6 heterocycles. The summed E-state index contributed by atoms with van der Waals surface area (Å²) in [6.07, 6.45) is 6.31. The van der Waals surface area contributed by atoms with Crippen LogP contribution in [-0.2, 0) is 11.3 Å². The Kier molecular flexibility index (Phi) is 6.16. The van der Waals surface area contributed by atoms with E-state index in [2.05, 4.69) is 26.6 Å². The normalized spacial score (nSPS) is 28.5. The van der Waals surface area contributed by atoms with E-state index in [9.17, 15) is 5.11 Å². The second kappa shape index (κ2) is 9.34. The Hall–Kier alpha value is -2.65. The molecule has 1 spiro atoms. The summed E-state index contributed by atoms with van der Waals surface area (Å²) in [6, 6.07) is 2.15. The highest BCUT2D eigenvalue weighted by Gasteiger charge is 2.48. The molecule has 0 amide bonds. The van der Waals surface area contributed by atoms with E-state index in [1.807, 2.05) is 6.07 Å². The monoisotopic (exact) mass is 509 g/mol. The highest BCUT2D eigenvalue weighted by atomic mass is 32.2. The maximum absolute atomic E-state index is 10.1. The molecule has 36 heavy (non-hydrogen) atoms. The van der Waals surface area contributed by atoms with Crippen molar-refractivity contribution in [2.45, 2.75) is 66.9 Å². The van der Waals surface area contributed by atoms with Crippen molar-refractivity contribution in [2.75, 3.05) is 42.6 Å². The first-order valence-corrected chi connectivity index (χ1v) is 13.3. The lowest BCUT2D eigenvalue weighted by molar-refractivity contribution is 0.0973. The highest BCUT2D eigenvalue weighted by Crippen LogP contribution is 2.45. The number of aromatic nitrogens is 3. The van der Waals surface area contributed by atoms with Crippen LogP contribution in [0.15, 0.2) is 28.4 Å². The fourth-order valence-electron chi connectivity index (χ4n) is 5.99. The Balaban J connectivity index is 1.19. The lowest BCUT2D eigenvalue weighted by atomic mass is 9.73. The van der Waals surface area contributed by atoms with Crippen molar-refractivity contribution >= 4 is 23.4 Å². The summed E-state index contributed by atoms with van der Waals surface area (Å²) in [4.78, 5) is 23.1. The molecule has 2 aromatic heterocycles. The minimum atomic E-state index is -0.184. The molecule has 4 aliphatic rings. The molecule has 3 saturated heterocycles. The van der Waals surface area contributed by atoms with Crippen molar-refractivity contribution in [1.82, 2.24) is 15.0 Å². The lowest BCUT2D eigenvalue weighted by Gasteiger charge is -2.41. The van der Waals surface area contributed by atoms with Crippen molar-refractivity contribution in [3.63, 3.8) is 0 Å². The van der Waals surface area contributed by atoms with Crippen molar-refractivity contribution < 1.29 is 14.6 Å². The standard InChI is InChI=1S/C25H31N7O3S/c1-15-22(26)25(14-35-15)4-7-31(8-5-25)23-18(12-33)30-20(10-29-23)36-19-3-6-28-24-21(19)34-13-17-9-16(27-2)11-32(17)24/h3,6,10,15-17,22,33H,4-5,7-9,11-14,26H2,1H3/t15-,16-,17-,22+/m0/s1. The van der Waals surface area contributed by atoms with Crippen LogP contribution < -0.4 is 20.3 Å². The van der Waals surface area contributed by atoms with Gasteiger partial charge in [-0.1, -0.05) is 11.8 Å². The summed E-state index contributed by atoms with van der Waals surface area (Å²) < 4.78 is 12.0. The molecule has 6 rings (SSSR count). The molecule has 0 bridgehead atoms. The Bertz CT molecular complexity index is 1180. The third-order valence-electron chi connectivity index (χ3n) is 8.19. The molecular weight excluding hydrogens is 478 g/mol. The number of pyridine rings is 1. The van der Waals surface area contributed by atoms with E-state index in [1.54, 1.807) is 12.4 Å². The molecule has 0 saturated carbocycles. The fourth-order valence-corrected chi connectivity index (χ4v) is 6.85. The first-order valence-electron chi connectivity index (χ1n) is 12.5. The largest absolute Gasteiger partial charge is 0.486 e. The summed E-state index contributed by atoms with van der Waals surface area (Å²) >= 11 is 1.46. The molecule has 4 atom stereocenters. The summed E-state index contributed by atoms with van der Waals surface area (Å²) in [5.41, 5.74) is 7.07. The lowest BCUT2D eigenvalue weighted by Crippen LogP contribution is -2.51. The number of nitrogens with zero attached hydrogens (tertiary/aromatic N) is 6. The van der Waals surface area contributed by atoms with Crippen LogP contribution in [0.5, 0.6) is 5.75 Å². The molecule has 4 aliphatic heterocycles. The zero-order chi connectivity index (χ0) is 24.9. The van der Waals surface area contributed by atoms with Crippen molar-refractivity contribution in [1.29, 1.82) is 0 Å². The van der Waals surface area contributed by atoms with Crippen LogP contribution in [0.2, 0.25) is 0 Å². The molecule has 2 aromatic rings. The zero-order valence-electron chi connectivity index (χ0n) is 20.3. The van der Waals surface area contributed by atoms with Gasteiger partial charge in [0.2, 0.25) is 6.04 Å². The number of aliphatic hydroxyl groups excluding tert-OH is 1. The van der Waals surface area contributed by atoms with Gasteiger partial charge in [0, 0.05) is 37.2 Å². The molecule has 3 fully saturated rings. The molecule has 0 unspecified atom stereocenters. The predicted molar refractivity (Wildman–Crippen MR) is 135 cm³/mol. The second-order valence-corrected chi connectivity index (χ2v) is 11.3. The topological polar surface area (TPSA) is 114 Å². The van der Waals surface area contributed by atoms with Crippen LogP contribution in [0.3, 0.4) is 0 Å². The molecule has 10 nitrogen and oxygen atoms in total. The number of ether oxygens (including phenoxy) is 2. The summed E-state index contributed by atoms with van der Waals surface area (Å²) in [5, 5.41) is 10.8. The van der Waals surface area contributed by atoms with Gasteiger partial charge >= 0.3 is 0 Å². The van der Waals surface area contributed by atoms with Crippen molar-refractivity contribution in [2.24, 2.45) is 11.1 Å². The third kappa shape index (κ3) is 3.96. The summed E-state index contributed by atoms with van der Waals surface area (Å²) in [7, 11) is 0. The number of aliphatic hydroxyl groups is 1. The van der Waals surface area contributed by atoms with Gasteiger partial charge in [-0.15, -0.1) is 0 Å². The van der Waals surface area contributed by atoms with Gasteiger partial charge in [0.05, 0.1) is 43.0 Å². The second-order valence-electron chi connectivity index (χ2n) is 10.2. The minimum Gasteiger partial charge on any atom is -0.486 e. The van der Waals surface area contributed by atoms with Crippen LogP contribution in [0.1, 0.15) is 31.9 Å². The number of hydrogen-bond acceptors (Lipinski definition) is 10. The SMILES string of the molecule is [C-]#[N+][C@H]1C[C@H]2COc3c(Sc4cnc(N5CCC6(CC5)CO[C@@H](C)[C@H]6N)c(CO)n4)ccnc3N2C1. The Morgan fingerprint density at radius 2 is 2.14 bits per heavy atom. The third-order valence-corrected chi connectivity index (χ3v) is 9.13. The van der Waals surface area contributed by atoms with Gasteiger partial charge in [-0.3, -0.25) is 0 Å². The van der Waals surface area contributed by atoms with Gasteiger partial charge in [0.1, 0.15) is 17.3 Å². The summed E-state index contributed by atoms with van der Waals surface area (Å²) in [5.74, 6) is 2.25. The first-order chi connectivity index (χ1) is 17.5. The molecule has 3 N–H and O–H groups in total. The van der Waals surface area contributed by atoms with E-state index in [0.717, 1.165) is 54.6 Å². The van der Waals surface area contributed by atoms with Crippen molar-refractivity contribution in [3.05, 3.63) is 35.6 Å². The van der Waals surface area contributed by atoms with Gasteiger partial charge in [-0.25, -0.2) is 21.5 Å². The number of hydrogen-bond donors (Lipinski definition) is 2. The number of rotatable bonds is 4. The maximum atomic E-state index is 10.1. The number of nitrogens with two attached hydrogens (primary N) is 1. The Labute approximate surface area is 215 Å². The van der Waals surface area contributed by atoms with Crippen LogP contribution in [-0.4, -0.2) is 77.1 Å². The molecule has 0 aromatic carbocycles. The Morgan fingerprint density at radius 3 is 2.86 bits per heavy atom. The van der Waals surface area contributed by atoms with Crippen molar-refractivity contribution in [3.8, 4) is 5.75 Å². The van der Waals surface area contributed by atoms with Gasteiger partial charge < -0.3 is 35.0 Å². The molecule has 190 valence electrons. The van der Waals surface area contributed by atoms with Crippen LogP contribution in [0, 0.1) is 12.0 Å². The summed E-state index contributed by atoms with van der Waals surface area (Å²) in [6.45, 7) is 12.8. The van der Waals surface area contributed by atoms with Crippen LogP contribution in [0.4, 0.5) is 11.6 Å². The average molecular weight is 510 g/mol. The van der Waals surface area contributed by atoms with E-state index in [0.29, 0.717) is 30.5 Å². The predicted octanol–water partition coefficient (Wildman–Crippen LogP) is 2.11. The zero-order valence-corrected chi connectivity index (χ0v) is 21.2. The van der Waals surface area contributed by atoms with Gasteiger partial charge in [-0.2, -0.15) is 0 Å². The van der Waals surface area contributed by atoms with E-state index >= 15 is 0 Å².